The number of likely N-dealkylation sites (tertiary alicyclic amines) is 1. The van der Waals surface area contributed by atoms with Gasteiger partial charge in [-0.3, -0.25) is 9.59 Å². The fraction of sp³-hybridized carbons (Fsp3) is 0.524. The van der Waals surface area contributed by atoms with Gasteiger partial charge in [-0.15, -0.1) is 0 Å². The molecular weight excluding hydrogens is 689 g/mol. The molecule has 0 atom stereocenters. The third-order valence-corrected chi connectivity index (χ3v) is 12.8. The van der Waals surface area contributed by atoms with Gasteiger partial charge < -0.3 is 29.7 Å². The third kappa shape index (κ3) is 5.87. The highest BCUT2D eigenvalue weighted by molar-refractivity contribution is 6.09. The van der Waals surface area contributed by atoms with Crippen LogP contribution in [0, 0.1) is 6.92 Å². The van der Waals surface area contributed by atoms with Gasteiger partial charge in [0.25, 0.3) is 12.3 Å². The summed E-state index contributed by atoms with van der Waals surface area (Å²) in [6, 6.07) is 14.5. The molecule has 2 saturated carbocycles. The number of hydrogen-bond donors (Lipinski definition) is 2. The number of benzene rings is 2. The number of ether oxygens (including phenoxy) is 1. The van der Waals surface area contributed by atoms with Crippen LogP contribution in [0.25, 0.3) is 22.3 Å². The molecule has 284 valence electrons. The van der Waals surface area contributed by atoms with Gasteiger partial charge >= 0.3 is 0 Å². The SMILES string of the molecule is Cc1ccc(Nc2nc(-c3ccc4c(c3)N(C3CC(N5CCCCC5)C3)C(=O)C43CCOCC3)cc3ncn(C(C)C)c23)cc1C(=O)NC1(C(F)F)CC1. The zero-order valence-corrected chi connectivity index (χ0v) is 31.3. The Morgan fingerprint density at radius 3 is 2.43 bits per heavy atom. The Bertz CT molecular complexity index is 2110. The second-order valence-electron chi connectivity index (χ2n) is 16.5. The zero-order chi connectivity index (χ0) is 37.4. The first-order valence-electron chi connectivity index (χ1n) is 19.7. The van der Waals surface area contributed by atoms with Crippen LogP contribution in [0.2, 0.25) is 0 Å². The van der Waals surface area contributed by atoms with E-state index in [1.165, 1.54) is 19.3 Å². The van der Waals surface area contributed by atoms with E-state index >= 15 is 0 Å². The van der Waals surface area contributed by atoms with E-state index in [2.05, 4.69) is 57.0 Å². The molecule has 12 heteroatoms. The topological polar surface area (TPSA) is 105 Å². The number of aromatic nitrogens is 3. The Labute approximate surface area is 314 Å². The second kappa shape index (κ2) is 13.4. The Kier molecular flexibility index (Phi) is 8.76. The molecule has 4 aromatic rings. The number of halogens is 2. The number of alkyl halides is 2. The number of nitrogens with one attached hydrogen (secondary N) is 2. The number of pyridine rings is 1. The van der Waals surface area contributed by atoms with Crippen LogP contribution in [0.3, 0.4) is 0 Å². The number of rotatable bonds is 9. The van der Waals surface area contributed by atoms with Crippen molar-refractivity contribution in [3.63, 3.8) is 0 Å². The summed E-state index contributed by atoms with van der Waals surface area (Å²) < 4.78 is 35.2. The maximum Gasteiger partial charge on any atom is 0.261 e. The summed E-state index contributed by atoms with van der Waals surface area (Å²) >= 11 is 0. The van der Waals surface area contributed by atoms with Gasteiger partial charge in [-0.25, -0.2) is 18.7 Å². The molecule has 1 spiro atoms. The van der Waals surface area contributed by atoms with Crippen molar-refractivity contribution in [1.82, 2.24) is 24.8 Å². The highest BCUT2D eigenvalue weighted by Crippen LogP contribution is 2.52. The normalized spacial score (nSPS) is 23.2. The lowest BCUT2D eigenvalue weighted by Gasteiger charge is -2.48. The van der Waals surface area contributed by atoms with Crippen LogP contribution in [0.15, 0.2) is 48.8 Å². The van der Waals surface area contributed by atoms with Crippen molar-refractivity contribution in [2.45, 2.75) is 114 Å². The first-order chi connectivity index (χ1) is 26.1. The molecule has 2 aromatic carbocycles. The molecule has 2 amide bonds. The van der Waals surface area contributed by atoms with Gasteiger partial charge in [-0.2, -0.15) is 0 Å². The lowest BCUT2D eigenvalue weighted by atomic mass is 9.75. The standard InChI is InChI=1S/C42H49F2N7O3/c1-25(2)50-24-45-34-23-33(47-37(36(34)50)46-28-9-7-26(3)31(20-28)38(52)48-42(11-12-42)39(43)44)27-8-10-32-35(19-27)51(40(53)41(32)13-17-54-18-14-41)30-21-29(22-30)49-15-5-4-6-16-49/h7-10,19-20,23-25,29-30,39H,4-6,11-18,21-22H2,1-3H3,(H,46,47)(H,48,52). The summed E-state index contributed by atoms with van der Waals surface area (Å²) in [7, 11) is 0. The van der Waals surface area contributed by atoms with E-state index in [0.717, 1.165) is 53.8 Å². The van der Waals surface area contributed by atoms with Gasteiger partial charge in [-0.05, 0) is 121 Å². The van der Waals surface area contributed by atoms with Crippen molar-refractivity contribution in [2.75, 3.05) is 36.5 Å². The molecule has 54 heavy (non-hydrogen) atoms. The van der Waals surface area contributed by atoms with E-state index in [1.807, 2.05) is 24.5 Å². The molecule has 2 aliphatic carbocycles. The number of fused-ring (bicyclic) bond motifs is 3. The minimum atomic E-state index is -2.61. The smallest absolute Gasteiger partial charge is 0.261 e. The van der Waals surface area contributed by atoms with Gasteiger partial charge in [0.05, 0.1) is 23.0 Å². The molecular formula is C42H49F2N7O3. The van der Waals surface area contributed by atoms with E-state index in [0.29, 0.717) is 60.4 Å². The van der Waals surface area contributed by atoms with Crippen LogP contribution >= 0.6 is 0 Å². The van der Waals surface area contributed by atoms with Crippen LogP contribution in [0.4, 0.5) is 26.0 Å². The molecule has 3 aliphatic heterocycles. The lowest BCUT2D eigenvalue weighted by molar-refractivity contribution is -0.127. The molecule has 0 bridgehead atoms. The Morgan fingerprint density at radius 1 is 0.963 bits per heavy atom. The average molecular weight is 738 g/mol. The highest BCUT2D eigenvalue weighted by Gasteiger charge is 2.55. The molecule has 2 saturated heterocycles. The monoisotopic (exact) mass is 737 g/mol. The minimum absolute atomic E-state index is 0.0955. The van der Waals surface area contributed by atoms with Crippen molar-refractivity contribution in [1.29, 1.82) is 0 Å². The number of nitrogens with zero attached hydrogens (tertiary/aromatic N) is 5. The van der Waals surface area contributed by atoms with Crippen molar-refractivity contribution in [3.05, 3.63) is 65.5 Å². The molecule has 10 nitrogen and oxygen atoms in total. The van der Waals surface area contributed by atoms with Crippen molar-refractivity contribution in [2.24, 2.45) is 0 Å². The fourth-order valence-electron chi connectivity index (χ4n) is 9.26. The minimum Gasteiger partial charge on any atom is -0.381 e. The van der Waals surface area contributed by atoms with Gasteiger partial charge in [0, 0.05) is 53.8 Å². The zero-order valence-electron chi connectivity index (χ0n) is 31.3. The number of anilines is 3. The molecule has 9 rings (SSSR count). The van der Waals surface area contributed by atoms with E-state index in [4.69, 9.17) is 14.7 Å². The number of hydrogen-bond acceptors (Lipinski definition) is 7. The summed E-state index contributed by atoms with van der Waals surface area (Å²) in [5.74, 6) is 0.260. The molecule has 0 unspecified atom stereocenters. The van der Waals surface area contributed by atoms with Crippen LogP contribution < -0.4 is 15.5 Å². The predicted octanol–water partition coefficient (Wildman–Crippen LogP) is 7.67. The second-order valence-corrected chi connectivity index (χ2v) is 16.5. The van der Waals surface area contributed by atoms with E-state index in [9.17, 15) is 18.4 Å². The van der Waals surface area contributed by atoms with Gasteiger partial charge in [-0.1, -0.05) is 24.6 Å². The Balaban J connectivity index is 1.07. The van der Waals surface area contributed by atoms with Gasteiger partial charge in [0.1, 0.15) is 11.1 Å². The molecule has 4 fully saturated rings. The number of carbonyl (C=O) groups is 2. The molecule has 5 aliphatic rings. The highest BCUT2D eigenvalue weighted by atomic mass is 19.3. The first kappa shape index (κ1) is 35.3. The Hall–Kier alpha value is -4.42. The number of imidazole rings is 1. The third-order valence-electron chi connectivity index (χ3n) is 12.8. The maximum atomic E-state index is 14.6. The predicted molar refractivity (Wildman–Crippen MR) is 205 cm³/mol. The number of piperidine rings is 1. The lowest BCUT2D eigenvalue weighted by Crippen LogP contribution is -2.57. The van der Waals surface area contributed by atoms with Crippen LogP contribution in [-0.4, -0.2) is 81.6 Å². The fourth-order valence-corrected chi connectivity index (χ4v) is 9.26. The number of amides is 2. The molecule has 2 N–H and O–H groups in total. The average Bonchev–Trinajstić information content (AvgIpc) is 3.75. The largest absolute Gasteiger partial charge is 0.381 e. The number of aryl methyl sites for hydroxylation is 1. The van der Waals surface area contributed by atoms with Crippen LogP contribution in [-0.2, 0) is 14.9 Å². The Morgan fingerprint density at radius 2 is 1.72 bits per heavy atom. The molecule has 2 aromatic heterocycles. The summed E-state index contributed by atoms with van der Waals surface area (Å²) in [4.78, 5) is 42.6. The maximum absolute atomic E-state index is 14.6. The van der Waals surface area contributed by atoms with Crippen LogP contribution in [0.1, 0.15) is 99.2 Å². The van der Waals surface area contributed by atoms with Gasteiger partial charge in [0.2, 0.25) is 5.91 Å². The quantitative estimate of drug-likeness (QED) is 0.182. The van der Waals surface area contributed by atoms with E-state index < -0.39 is 23.3 Å². The molecule has 0 radical (unpaired) electrons. The molecule has 5 heterocycles. The van der Waals surface area contributed by atoms with Crippen molar-refractivity contribution >= 4 is 40.0 Å². The first-order valence-corrected chi connectivity index (χ1v) is 19.7. The van der Waals surface area contributed by atoms with Crippen molar-refractivity contribution in [3.8, 4) is 11.3 Å². The van der Waals surface area contributed by atoms with Crippen molar-refractivity contribution < 1.29 is 23.1 Å². The summed E-state index contributed by atoms with van der Waals surface area (Å²) in [5, 5.41) is 6.06. The summed E-state index contributed by atoms with van der Waals surface area (Å²) in [6.45, 7) is 9.42. The van der Waals surface area contributed by atoms with E-state index in [1.54, 1.807) is 13.0 Å². The summed E-state index contributed by atoms with van der Waals surface area (Å²) in [5.41, 5.74) is 4.87. The number of carbonyl (C=O) groups excluding carboxylic acids is 2. The van der Waals surface area contributed by atoms with Crippen LogP contribution in [0.5, 0.6) is 0 Å². The summed E-state index contributed by atoms with van der Waals surface area (Å²) in [6.07, 6.45) is 6.90. The van der Waals surface area contributed by atoms with E-state index in [-0.39, 0.29) is 30.8 Å². The van der Waals surface area contributed by atoms with Gasteiger partial charge in [0.15, 0.2) is 5.82 Å².